The van der Waals surface area contributed by atoms with Crippen molar-refractivity contribution in [1.29, 1.82) is 0 Å². The van der Waals surface area contributed by atoms with Crippen LogP contribution in [0.2, 0.25) is 0 Å². The number of amides is 2. The van der Waals surface area contributed by atoms with E-state index in [-0.39, 0.29) is 13.1 Å². The summed E-state index contributed by atoms with van der Waals surface area (Å²) in [5.41, 5.74) is 2.18. The van der Waals surface area contributed by atoms with E-state index in [0.29, 0.717) is 11.8 Å². The van der Waals surface area contributed by atoms with Crippen LogP contribution in [0.15, 0.2) is 41.5 Å². The molecule has 0 radical (unpaired) electrons. The summed E-state index contributed by atoms with van der Waals surface area (Å²) < 4.78 is 25.8. The van der Waals surface area contributed by atoms with E-state index >= 15 is 0 Å². The first-order chi connectivity index (χ1) is 13.7. The van der Waals surface area contributed by atoms with Gasteiger partial charge in [0.1, 0.15) is 0 Å². The Bertz CT molecular complexity index is 1050. The van der Waals surface area contributed by atoms with Crippen LogP contribution in [0.4, 0.5) is 22.2 Å². The zero-order valence-corrected chi connectivity index (χ0v) is 17.7. The summed E-state index contributed by atoms with van der Waals surface area (Å²) in [7, 11) is 2.13. The molecule has 1 saturated heterocycles. The third-order valence-corrected chi connectivity index (χ3v) is 5.68. The van der Waals surface area contributed by atoms with Gasteiger partial charge in [-0.1, -0.05) is 18.2 Å². The first kappa shape index (κ1) is 20.6. The Morgan fingerprint density at radius 1 is 1.17 bits per heavy atom. The van der Waals surface area contributed by atoms with Crippen LogP contribution in [-0.2, 0) is 17.1 Å². The number of anilines is 2. The first-order valence-corrected chi connectivity index (χ1v) is 10.8. The first-order valence-electron chi connectivity index (χ1n) is 8.97. The van der Waals surface area contributed by atoms with Gasteiger partial charge in [-0.2, -0.15) is 0 Å². The number of carbonyl (C=O) groups is 1. The van der Waals surface area contributed by atoms with Crippen molar-refractivity contribution in [2.45, 2.75) is 0 Å². The summed E-state index contributed by atoms with van der Waals surface area (Å²) in [5.74, 6) is 0.912. The van der Waals surface area contributed by atoms with Crippen molar-refractivity contribution in [3.63, 3.8) is 0 Å². The minimum absolute atomic E-state index is 0.110. The van der Waals surface area contributed by atoms with Crippen molar-refractivity contribution in [2.75, 3.05) is 43.2 Å². The molecule has 0 atom stereocenters. The van der Waals surface area contributed by atoms with Gasteiger partial charge in [-0.15, -0.1) is 0 Å². The number of allylic oxidation sites excluding steroid dienone is 1. The maximum absolute atomic E-state index is 12.4. The number of carbonyl (C=O) groups excluding carboxylic acids is 1. The molecule has 0 saturated carbocycles. The molecule has 1 fully saturated rings. The summed E-state index contributed by atoms with van der Waals surface area (Å²) in [5, 5.41) is 0. The van der Waals surface area contributed by atoms with Gasteiger partial charge in [-0.25, -0.2) is 27.5 Å². The van der Waals surface area contributed by atoms with Crippen LogP contribution >= 0.6 is 0 Å². The normalized spacial score (nSPS) is 15.2. The predicted molar refractivity (Wildman–Crippen MR) is 115 cm³/mol. The average molecular weight is 417 g/mol. The number of benzene rings is 1. The molecule has 0 bridgehead atoms. The molecule has 0 unspecified atom stereocenters. The van der Waals surface area contributed by atoms with Crippen molar-refractivity contribution in [3.8, 4) is 0 Å². The van der Waals surface area contributed by atoms with E-state index in [1.807, 2.05) is 55.4 Å². The average Bonchev–Trinajstić information content (AvgIpc) is 3.21. The maximum Gasteiger partial charge on any atom is 0.340 e. The van der Waals surface area contributed by atoms with E-state index < -0.39 is 16.1 Å². The Morgan fingerprint density at radius 3 is 2.45 bits per heavy atom. The van der Waals surface area contributed by atoms with Crippen LogP contribution in [-0.4, -0.2) is 68.0 Å². The molecule has 1 aromatic carbocycles. The quantitative estimate of drug-likeness (QED) is 0.673. The topological polar surface area (TPSA) is 91.1 Å². The SMILES string of the molecule is CN(C)c1ccc(/C=C/C=N/c2cnc(N3CCN(S(C)(=O)=O)C3=O)n2C)cc1. The van der Waals surface area contributed by atoms with E-state index in [0.717, 1.165) is 21.8 Å². The lowest BCUT2D eigenvalue weighted by Gasteiger charge is -2.16. The molecule has 1 aromatic heterocycles. The highest BCUT2D eigenvalue weighted by molar-refractivity contribution is 7.88. The molecule has 2 aromatic rings. The standard InChI is InChI=1S/C19H24N6O3S/c1-22(2)16-9-7-15(8-10-16)6-5-11-20-17-14-21-18(23(17)3)24-12-13-25(19(24)26)29(4,27)28/h5-11,14H,12-13H2,1-4H3/b6-5+,20-11+. The zero-order chi connectivity index (χ0) is 21.2. The van der Waals surface area contributed by atoms with Crippen LogP contribution in [0.25, 0.3) is 6.08 Å². The molecule has 29 heavy (non-hydrogen) atoms. The lowest BCUT2D eigenvalue weighted by atomic mass is 10.2. The fourth-order valence-electron chi connectivity index (χ4n) is 2.93. The molecule has 0 spiro atoms. The Balaban J connectivity index is 1.69. The highest BCUT2D eigenvalue weighted by Crippen LogP contribution is 2.24. The second-order valence-electron chi connectivity index (χ2n) is 6.87. The number of sulfonamides is 1. The van der Waals surface area contributed by atoms with Gasteiger partial charge in [-0.05, 0) is 23.8 Å². The molecule has 0 aliphatic carbocycles. The van der Waals surface area contributed by atoms with Gasteiger partial charge < -0.3 is 4.90 Å². The number of urea groups is 1. The molecular weight excluding hydrogens is 392 g/mol. The number of imidazole rings is 1. The molecule has 3 rings (SSSR count). The van der Waals surface area contributed by atoms with Gasteiger partial charge >= 0.3 is 6.03 Å². The van der Waals surface area contributed by atoms with E-state index in [1.165, 1.54) is 4.90 Å². The zero-order valence-electron chi connectivity index (χ0n) is 16.8. The second kappa shape index (κ2) is 8.08. The molecule has 9 nitrogen and oxygen atoms in total. The molecule has 1 aliphatic rings. The van der Waals surface area contributed by atoms with Gasteiger partial charge in [0.2, 0.25) is 16.0 Å². The van der Waals surface area contributed by atoms with Gasteiger partial charge in [0.25, 0.3) is 0 Å². The lowest BCUT2D eigenvalue weighted by Crippen LogP contribution is -2.36. The van der Waals surface area contributed by atoms with Crippen molar-refractivity contribution < 1.29 is 13.2 Å². The van der Waals surface area contributed by atoms with Gasteiger partial charge in [0.15, 0.2) is 5.82 Å². The molecule has 0 N–H and O–H groups in total. The van der Waals surface area contributed by atoms with Gasteiger partial charge in [-0.3, -0.25) is 9.47 Å². The Kier molecular flexibility index (Phi) is 5.73. The smallest absolute Gasteiger partial charge is 0.340 e. The summed E-state index contributed by atoms with van der Waals surface area (Å²) in [6.45, 7) is 0.362. The molecule has 10 heteroatoms. The fraction of sp³-hybridized carbons (Fsp3) is 0.316. The van der Waals surface area contributed by atoms with Crippen LogP contribution in [0.5, 0.6) is 0 Å². The van der Waals surface area contributed by atoms with Crippen LogP contribution < -0.4 is 9.80 Å². The summed E-state index contributed by atoms with van der Waals surface area (Å²) in [6, 6.07) is 7.52. The fourth-order valence-corrected chi connectivity index (χ4v) is 3.72. The molecular formula is C19H24N6O3S. The Hall–Kier alpha value is -3.14. The van der Waals surface area contributed by atoms with Crippen LogP contribution in [0.3, 0.4) is 0 Å². The lowest BCUT2D eigenvalue weighted by molar-refractivity contribution is 0.239. The van der Waals surface area contributed by atoms with Crippen molar-refractivity contribution in [1.82, 2.24) is 13.9 Å². The number of aliphatic imine (C=N–C) groups is 1. The highest BCUT2D eigenvalue weighted by Gasteiger charge is 2.37. The van der Waals surface area contributed by atoms with Crippen molar-refractivity contribution >= 4 is 45.8 Å². The molecule has 1 aliphatic heterocycles. The number of aromatic nitrogens is 2. The summed E-state index contributed by atoms with van der Waals surface area (Å²) in [4.78, 5) is 24.3. The number of nitrogens with zero attached hydrogens (tertiary/aromatic N) is 6. The van der Waals surface area contributed by atoms with E-state index in [9.17, 15) is 13.2 Å². The summed E-state index contributed by atoms with van der Waals surface area (Å²) >= 11 is 0. The minimum atomic E-state index is -3.59. The van der Waals surface area contributed by atoms with Gasteiger partial charge in [0, 0.05) is 39.6 Å². The number of hydrogen-bond donors (Lipinski definition) is 0. The number of rotatable bonds is 6. The van der Waals surface area contributed by atoms with E-state index in [1.54, 1.807) is 24.0 Å². The minimum Gasteiger partial charge on any atom is -0.378 e. The summed E-state index contributed by atoms with van der Waals surface area (Å²) in [6.07, 6.45) is 7.97. The third kappa shape index (κ3) is 4.48. The maximum atomic E-state index is 12.4. The highest BCUT2D eigenvalue weighted by atomic mass is 32.2. The number of hydrogen-bond acceptors (Lipinski definition) is 6. The monoisotopic (exact) mass is 416 g/mol. The van der Waals surface area contributed by atoms with E-state index in [2.05, 4.69) is 9.98 Å². The second-order valence-corrected chi connectivity index (χ2v) is 8.77. The van der Waals surface area contributed by atoms with Crippen molar-refractivity contribution in [3.05, 3.63) is 42.1 Å². The van der Waals surface area contributed by atoms with Crippen LogP contribution in [0, 0.1) is 0 Å². The third-order valence-electron chi connectivity index (χ3n) is 4.54. The van der Waals surface area contributed by atoms with Crippen molar-refractivity contribution in [2.24, 2.45) is 12.0 Å². The van der Waals surface area contributed by atoms with E-state index in [4.69, 9.17) is 0 Å². The predicted octanol–water partition coefficient (Wildman–Crippen LogP) is 2.10. The Morgan fingerprint density at radius 2 is 1.86 bits per heavy atom. The van der Waals surface area contributed by atoms with Crippen LogP contribution in [0.1, 0.15) is 5.56 Å². The Labute approximate surface area is 170 Å². The molecule has 2 amide bonds. The molecule has 2 heterocycles. The largest absolute Gasteiger partial charge is 0.378 e. The molecule has 154 valence electrons. The van der Waals surface area contributed by atoms with Gasteiger partial charge in [0.05, 0.1) is 19.0 Å².